The van der Waals surface area contributed by atoms with Crippen LogP contribution in [-0.4, -0.2) is 9.97 Å². The molecule has 3 rings (SSSR count). The Labute approximate surface area is 120 Å². The monoisotopic (exact) mass is 287 g/mol. The van der Waals surface area contributed by atoms with E-state index in [0.717, 1.165) is 16.5 Å². The number of halogens is 2. The van der Waals surface area contributed by atoms with Crippen molar-refractivity contribution in [2.75, 3.05) is 5.32 Å². The Balaban J connectivity index is 1.88. The highest BCUT2D eigenvalue weighted by Gasteiger charge is 2.05. The van der Waals surface area contributed by atoms with Crippen LogP contribution in [0.1, 0.15) is 5.56 Å². The van der Waals surface area contributed by atoms with E-state index in [1.54, 1.807) is 12.1 Å². The third kappa shape index (κ3) is 2.70. The van der Waals surface area contributed by atoms with E-state index in [1.807, 2.05) is 24.3 Å². The summed E-state index contributed by atoms with van der Waals surface area (Å²) in [7, 11) is 0. The van der Waals surface area contributed by atoms with Crippen molar-refractivity contribution in [2.45, 2.75) is 6.54 Å². The first-order valence-corrected chi connectivity index (χ1v) is 6.51. The van der Waals surface area contributed by atoms with Crippen molar-refractivity contribution in [1.82, 2.24) is 9.97 Å². The van der Waals surface area contributed by atoms with Gasteiger partial charge in [-0.15, -0.1) is 0 Å². The van der Waals surface area contributed by atoms with Crippen molar-refractivity contribution in [3.05, 3.63) is 65.2 Å². The Morgan fingerprint density at radius 3 is 2.55 bits per heavy atom. The SMILES string of the molecule is Fc1ccc(CNc2nc(Cl)nc3ccccc23)cc1. The van der Waals surface area contributed by atoms with Crippen molar-refractivity contribution >= 4 is 28.3 Å². The maximum atomic E-state index is 12.9. The summed E-state index contributed by atoms with van der Waals surface area (Å²) >= 11 is 5.91. The number of fused-ring (bicyclic) bond motifs is 1. The maximum Gasteiger partial charge on any atom is 0.224 e. The lowest BCUT2D eigenvalue weighted by atomic mass is 10.2. The average molecular weight is 288 g/mol. The fourth-order valence-electron chi connectivity index (χ4n) is 1.97. The molecule has 0 unspecified atom stereocenters. The summed E-state index contributed by atoms with van der Waals surface area (Å²) in [5, 5.41) is 4.31. The molecule has 0 radical (unpaired) electrons. The Hall–Kier alpha value is -2.20. The van der Waals surface area contributed by atoms with Crippen LogP contribution in [0.2, 0.25) is 5.28 Å². The van der Waals surface area contributed by atoms with Crippen LogP contribution in [0.3, 0.4) is 0 Å². The minimum absolute atomic E-state index is 0.199. The van der Waals surface area contributed by atoms with Gasteiger partial charge in [-0.1, -0.05) is 24.3 Å². The van der Waals surface area contributed by atoms with E-state index in [1.165, 1.54) is 12.1 Å². The molecule has 3 nitrogen and oxygen atoms in total. The number of rotatable bonds is 3. The molecule has 0 saturated carbocycles. The second-order valence-electron chi connectivity index (χ2n) is 4.34. The van der Waals surface area contributed by atoms with E-state index in [0.29, 0.717) is 12.4 Å². The predicted molar refractivity (Wildman–Crippen MR) is 78.3 cm³/mol. The van der Waals surface area contributed by atoms with Crippen LogP contribution >= 0.6 is 11.6 Å². The summed E-state index contributed by atoms with van der Waals surface area (Å²) in [6, 6.07) is 14.0. The van der Waals surface area contributed by atoms with E-state index in [-0.39, 0.29) is 11.1 Å². The predicted octanol–water partition coefficient (Wildman–Crippen LogP) is 4.03. The lowest BCUT2D eigenvalue weighted by molar-refractivity contribution is 0.627. The summed E-state index contributed by atoms with van der Waals surface area (Å²) in [5.74, 6) is 0.425. The van der Waals surface area contributed by atoms with Crippen LogP contribution in [0.15, 0.2) is 48.5 Å². The highest BCUT2D eigenvalue weighted by molar-refractivity contribution is 6.28. The molecule has 0 atom stereocenters. The van der Waals surface area contributed by atoms with Crippen molar-refractivity contribution < 1.29 is 4.39 Å². The molecule has 1 aromatic heterocycles. The number of anilines is 1. The number of para-hydroxylation sites is 1. The van der Waals surface area contributed by atoms with E-state index in [2.05, 4.69) is 15.3 Å². The van der Waals surface area contributed by atoms with Gasteiger partial charge in [-0.3, -0.25) is 0 Å². The van der Waals surface area contributed by atoms with Crippen LogP contribution in [0.4, 0.5) is 10.2 Å². The molecule has 1 heterocycles. The molecular formula is C15H11ClFN3. The molecule has 0 aliphatic rings. The second kappa shape index (κ2) is 5.43. The smallest absolute Gasteiger partial charge is 0.224 e. The zero-order chi connectivity index (χ0) is 13.9. The fourth-order valence-corrected chi connectivity index (χ4v) is 2.15. The molecule has 1 N–H and O–H groups in total. The van der Waals surface area contributed by atoms with Gasteiger partial charge in [0.05, 0.1) is 5.52 Å². The largest absolute Gasteiger partial charge is 0.365 e. The summed E-state index contributed by atoms with van der Waals surface area (Å²) < 4.78 is 12.9. The van der Waals surface area contributed by atoms with Gasteiger partial charge in [0.25, 0.3) is 0 Å². The van der Waals surface area contributed by atoms with Gasteiger partial charge in [0, 0.05) is 11.9 Å². The van der Waals surface area contributed by atoms with Gasteiger partial charge in [0.2, 0.25) is 5.28 Å². The third-order valence-corrected chi connectivity index (χ3v) is 3.12. The van der Waals surface area contributed by atoms with E-state index < -0.39 is 0 Å². The number of benzene rings is 2. The number of nitrogens with zero attached hydrogens (tertiary/aromatic N) is 2. The van der Waals surface area contributed by atoms with E-state index >= 15 is 0 Å². The van der Waals surface area contributed by atoms with Crippen LogP contribution in [0, 0.1) is 5.82 Å². The zero-order valence-corrected chi connectivity index (χ0v) is 11.2. The van der Waals surface area contributed by atoms with Crippen LogP contribution < -0.4 is 5.32 Å². The molecule has 0 saturated heterocycles. The Bertz CT molecular complexity index is 744. The van der Waals surface area contributed by atoms with Gasteiger partial charge in [-0.05, 0) is 41.4 Å². The van der Waals surface area contributed by atoms with Crippen molar-refractivity contribution in [1.29, 1.82) is 0 Å². The molecule has 0 aliphatic carbocycles. The van der Waals surface area contributed by atoms with Crippen LogP contribution in [-0.2, 0) is 6.54 Å². The number of aromatic nitrogens is 2. The lowest BCUT2D eigenvalue weighted by Gasteiger charge is -2.09. The van der Waals surface area contributed by atoms with Crippen LogP contribution in [0.5, 0.6) is 0 Å². The summed E-state index contributed by atoms with van der Waals surface area (Å²) in [6.45, 7) is 0.539. The molecule has 5 heteroatoms. The molecule has 2 aromatic carbocycles. The molecule has 20 heavy (non-hydrogen) atoms. The maximum absolute atomic E-state index is 12.9. The zero-order valence-electron chi connectivity index (χ0n) is 10.5. The summed E-state index contributed by atoms with van der Waals surface area (Å²) in [5.41, 5.74) is 1.75. The van der Waals surface area contributed by atoms with Gasteiger partial charge in [0.1, 0.15) is 11.6 Å². The molecule has 0 spiro atoms. The van der Waals surface area contributed by atoms with Crippen molar-refractivity contribution in [3.63, 3.8) is 0 Å². The summed E-state index contributed by atoms with van der Waals surface area (Å²) in [4.78, 5) is 8.37. The lowest BCUT2D eigenvalue weighted by Crippen LogP contribution is -2.03. The highest BCUT2D eigenvalue weighted by Crippen LogP contribution is 2.22. The van der Waals surface area contributed by atoms with Gasteiger partial charge in [-0.2, -0.15) is 0 Å². The Kier molecular flexibility index (Phi) is 3.48. The Morgan fingerprint density at radius 2 is 1.75 bits per heavy atom. The molecule has 0 bridgehead atoms. The quantitative estimate of drug-likeness (QED) is 0.739. The van der Waals surface area contributed by atoms with Crippen molar-refractivity contribution in [2.24, 2.45) is 0 Å². The first kappa shape index (κ1) is 12.8. The molecule has 100 valence electrons. The normalized spacial score (nSPS) is 10.7. The summed E-state index contributed by atoms with van der Waals surface area (Å²) in [6.07, 6.45) is 0. The number of nitrogens with one attached hydrogen (secondary N) is 1. The topological polar surface area (TPSA) is 37.8 Å². The van der Waals surface area contributed by atoms with Gasteiger partial charge in [-0.25, -0.2) is 14.4 Å². The standard InChI is InChI=1S/C15H11ClFN3/c16-15-19-13-4-2-1-3-12(13)14(20-15)18-9-10-5-7-11(17)8-6-10/h1-8H,9H2,(H,18,19,20). The van der Waals surface area contributed by atoms with Gasteiger partial charge < -0.3 is 5.32 Å². The highest BCUT2D eigenvalue weighted by atomic mass is 35.5. The van der Waals surface area contributed by atoms with Crippen molar-refractivity contribution in [3.8, 4) is 0 Å². The fraction of sp³-hybridized carbons (Fsp3) is 0.0667. The minimum atomic E-state index is -0.246. The molecular weight excluding hydrogens is 277 g/mol. The van der Waals surface area contributed by atoms with Gasteiger partial charge >= 0.3 is 0 Å². The average Bonchev–Trinajstić information content (AvgIpc) is 2.46. The molecule has 0 amide bonds. The third-order valence-electron chi connectivity index (χ3n) is 2.95. The molecule has 0 fully saturated rings. The first-order chi connectivity index (χ1) is 9.72. The molecule has 0 aliphatic heterocycles. The second-order valence-corrected chi connectivity index (χ2v) is 4.68. The van der Waals surface area contributed by atoms with E-state index in [9.17, 15) is 4.39 Å². The molecule has 3 aromatic rings. The number of hydrogen-bond acceptors (Lipinski definition) is 3. The van der Waals surface area contributed by atoms with E-state index in [4.69, 9.17) is 11.6 Å². The minimum Gasteiger partial charge on any atom is -0.365 e. The number of hydrogen-bond donors (Lipinski definition) is 1. The van der Waals surface area contributed by atoms with Crippen LogP contribution in [0.25, 0.3) is 10.9 Å². The Morgan fingerprint density at radius 1 is 1.00 bits per heavy atom. The van der Waals surface area contributed by atoms with Gasteiger partial charge in [0.15, 0.2) is 0 Å². The first-order valence-electron chi connectivity index (χ1n) is 6.13.